The predicted octanol–water partition coefficient (Wildman–Crippen LogP) is 6.51. The van der Waals surface area contributed by atoms with E-state index >= 15 is 0 Å². The molecule has 0 radical (unpaired) electrons. The molecule has 2 nitrogen and oxygen atoms in total. The van der Waals surface area contributed by atoms with Crippen molar-refractivity contribution in [2.75, 3.05) is 0 Å². The van der Waals surface area contributed by atoms with Gasteiger partial charge in [0.05, 0.1) is 12.2 Å². The number of rotatable bonds is 5. The van der Waals surface area contributed by atoms with Gasteiger partial charge in [-0.2, -0.15) is 0 Å². The molecule has 0 heterocycles. The number of allylic oxidation sites excluding steroid dienone is 5. The minimum Gasteiger partial charge on any atom is -0.393 e. The molecule has 5 saturated carbocycles. The van der Waals surface area contributed by atoms with E-state index < -0.39 is 0 Å². The van der Waals surface area contributed by atoms with Gasteiger partial charge in [0, 0.05) is 0 Å². The van der Waals surface area contributed by atoms with Gasteiger partial charge in [-0.05, 0) is 116 Å². The van der Waals surface area contributed by atoms with Crippen molar-refractivity contribution in [3.8, 4) is 0 Å². The Morgan fingerprint density at radius 3 is 2.58 bits per heavy atom. The van der Waals surface area contributed by atoms with Crippen molar-refractivity contribution in [1.82, 2.24) is 0 Å². The lowest BCUT2D eigenvalue weighted by molar-refractivity contribution is 0.0974. The highest BCUT2D eigenvalue weighted by molar-refractivity contribution is 5.38. The second-order valence-corrected chi connectivity index (χ2v) is 11.9. The smallest absolute Gasteiger partial charge is 0.0749 e. The fourth-order valence-corrected chi connectivity index (χ4v) is 7.56. The number of aliphatic hydroxyl groups excluding tert-OH is 2. The van der Waals surface area contributed by atoms with Crippen LogP contribution in [0.15, 0.2) is 47.6 Å². The first-order valence-corrected chi connectivity index (χ1v) is 13.0. The van der Waals surface area contributed by atoms with Gasteiger partial charge in [-0.25, -0.2) is 0 Å². The zero-order valence-electron chi connectivity index (χ0n) is 19.7. The Morgan fingerprint density at radius 2 is 1.87 bits per heavy atom. The van der Waals surface area contributed by atoms with Crippen molar-refractivity contribution < 1.29 is 10.2 Å². The summed E-state index contributed by atoms with van der Waals surface area (Å²) in [6.07, 6.45) is 22.1. The molecule has 0 aromatic heterocycles. The largest absolute Gasteiger partial charge is 0.393 e. The Bertz CT molecular complexity index is 809. The van der Waals surface area contributed by atoms with Gasteiger partial charge < -0.3 is 10.2 Å². The van der Waals surface area contributed by atoms with Gasteiger partial charge in [0.2, 0.25) is 0 Å². The first kappa shape index (κ1) is 21.7. The summed E-state index contributed by atoms with van der Waals surface area (Å²) in [6, 6.07) is 0. The molecule has 6 atom stereocenters. The number of hydrogen-bond donors (Lipinski definition) is 2. The molecule has 5 unspecified atom stereocenters. The molecule has 0 aromatic rings. The predicted molar refractivity (Wildman–Crippen MR) is 127 cm³/mol. The Morgan fingerprint density at radius 1 is 1.10 bits per heavy atom. The van der Waals surface area contributed by atoms with Crippen molar-refractivity contribution in [3.05, 3.63) is 47.6 Å². The Balaban J connectivity index is 1.34. The minimum absolute atomic E-state index is 0.211. The summed E-state index contributed by atoms with van der Waals surface area (Å²) in [5, 5.41) is 20.6. The van der Waals surface area contributed by atoms with Crippen LogP contribution in [0.2, 0.25) is 0 Å². The summed E-state index contributed by atoms with van der Waals surface area (Å²) in [4.78, 5) is 0. The molecular formula is C29H42O2. The first-order valence-electron chi connectivity index (χ1n) is 13.0. The summed E-state index contributed by atoms with van der Waals surface area (Å²) in [5.41, 5.74) is 4.88. The molecule has 2 heteroatoms. The first-order chi connectivity index (χ1) is 14.8. The third kappa shape index (κ3) is 4.04. The molecule has 5 aliphatic carbocycles. The molecule has 0 aliphatic heterocycles. The van der Waals surface area contributed by atoms with Gasteiger partial charge in [-0.15, -0.1) is 0 Å². The second-order valence-electron chi connectivity index (χ2n) is 11.9. The zero-order chi connectivity index (χ0) is 21.8. The highest BCUT2D eigenvalue weighted by Gasteiger charge is 2.60. The SMILES string of the molecule is C=C1/C(=C\C=C2/CCCC3(C)C2CCC3C2(/C=C/C(O)C3CC3)CC2)C[C@H](O)CC1C. The quantitative estimate of drug-likeness (QED) is 0.496. The molecule has 5 rings (SSSR count). The van der Waals surface area contributed by atoms with Crippen molar-refractivity contribution >= 4 is 0 Å². The summed E-state index contributed by atoms with van der Waals surface area (Å²) in [6.45, 7) is 9.09. The van der Waals surface area contributed by atoms with Crippen molar-refractivity contribution in [1.29, 1.82) is 0 Å². The summed E-state index contributed by atoms with van der Waals surface area (Å²) < 4.78 is 0. The van der Waals surface area contributed by atoms with Crippen LogP contribution >= 0.6 is 0 Å². The number of fused-ring (bicyclic) bond motifs is 1. The molecule has 5 aliphatic rings. The Kier molecular flexibility index (Phi) is 5.62. The average Bonchev–Trinajstić information content (AvgIpc) is 3.66. The molecule has 0 aromatic carbocycles. The van der Waals surface area contributed by atoms with E-state index in [4.69, 9.17) is 0 Å². The van der Waals surface area contributed by atoms with Crippen LogP contribution in [0.4, 0.5) is 0 Å². The molecular weight excluding hydrogens is 380 g/mol. The van der Waals surface area contributed by atoms with Crippen LogP contribution in [0, 0.1) is 34.5 Å². The monoisotopic (exact) mass is 422 g/mol. The molecule has 0 saturated heterocycles. The number of hydrogen-bond acceptors (Lipinski definition) is 2. The van der Waals surface area contributed by atoms with Crippen molar-refractivity contribution in [2.24, 2.45) is 34.5 Å². The lowest BCUT2D eigenvalue weighted by Gasteiger charge is -2.45. The van der Waals surface area contributed by atoms with Gasteiger partial charge in [0.1, 0.15) is 0 Å². The topological polar surface area (TPSA) is 40.5 Å². The maximum Gasteiger partial charge on any atom is 0.0749 e. The van der Waals surface area contributed by atoms with E-state index in [1.165, 1.54) is 68.9 Å². The minimum atomic E-state index is -0.217. The van der Waals surface area contributed by atoms with E-state index in [2.05, 4.69) is 44.7 Å². The van der Waals surface area contributed by atoms with Crippen LogP contribution in [-0.2, 0) is 0 Å². The van der Waals surface area contributed by atoms with Crippen molar-refractivity contribution in [2.45, 2.75) is 96.7 Å². The molecule has 2 N–H and O–H groups in total. The third-order valence-electron chi connectivity index (χ3n) is 9.80. The van der Waals surface area contributed by atoms with E-state index in [-0.39, 0.29) is 12.2 Å². The second kappa shape index (κ2) is 8.03. The average molecular weight is 423 g/mol. The van der Waals surface area contributed by atoms with Crippen LogP contribution in [0.1, 0.15) is 84.5 Å². The fraction of sp³-hybridized carbons (Fsp3) is 0.724. The highest BCUT2D eigenvalue weighted by atomic mass is 16.3. The molecule has 5 fully saturated rings. The van der Waals surface area contributed by atoms with Crippen LogP contribution in [0.5, 0.6) is 0 Å². The maximum absolute atomic E-state index is 10.4. The summed E-state index contributed by atoms with van der Waals surface area (Å²) in [5.74, 6) is 2.37. The lowest BCUT2D eigenvalue weighted by Crippen LogP contribution is -2.37. The zero-order valence-corrected chi connectivity index (χ0v) is 19.7. The van der Waals surface area contributed by atoms with E-state index in [0.717, 1.165) is 18.8 Å². The molecule has 0 spiro atoms. The third-order valence-corrected chi connectivity index (χ3v) is 9.80. The standard InChI is InChI=1S/C29H42O2/c1-19-17-24(30)18-23(20(19)2)9-6-21-5-4-13-28(3)25(21)10-11-27(28)29(15-16-29)14-12-26(31)22-7-8-22/h6,9,12,14,19,22,24-27,30-31H,2,4-5,7-8,10-11,13,15-18H2,1,3H3/b14-12+,21-6+,23-9-/t19?,24-,25?,26?,27?,28?/m1/s1. The van der Waals surface area contributed by atoms with E-state index in [1.54, 1.807) is 5.57 Å². The van der Waals surface area contributed by atoms with Gasteiger partial charge >= 0.3 is 0 Å². The summed E-state index contributed by atoms with van der Waals surface area (Å²) in [7, 11) is 0. The molecule has 31 heavy (non-hydrogen) atoms. The molecule has 170 valence electrons. The Hall–Kier alpha value is -1.12. The van der Waals surface area contributed by atoms with Gasteiger partial charge in [0.25, 0.3) is 0 Å². The van der Waals surface area contributed by atoms with Gasteiger partial charge in [0.15, 0.2) is 0 Å². The Labute approximate surface area is 189 Å². The van der Waals surface area contributed by atoms with E-state index in [0.29, 0.717) is 28.6 Å². The van der Waals surface area contributed by atoms with E-state index in [1.807, 2.05) is 0 Å². The van der Waals surface area contributed by atoms with Crippen LogP contribution < -0.4 is 0 Å². The van der Waals surface area contributed by atoms with Crippen LogP contribution in [-0.4, -0.2) is 22.4 Å². The normalized spacial score (nSPS) is 43.5. The highest BCUT2D eigenvalue weighted by Crippen LogP contribution is 2.69. The molecule has 0 amide bonds. The van der Waals surface area contributed by atoms with Crippen LogP contribution in [0.3, 0.4) is 0 Å². The number of aliphatic hydroxyl groups is 2. The molecule has 0 bridgehead atoms. The lowest BCUT2D eigenvalue weighted by atomic mass is 9.60. The summed E-state index contributed by atoms with van der Waals surface area (Å²) >= 11 is 0. The maximum atomic E-state index is 10.4. The van der Waals surface area contributed by atoms with Crippen LogP contribution in [0.25, 0.3) is 0 Å². The van der Waals surface area contributed by atoms with E-state index in [9.17, 15) is 10.2 Å². The van der Waals surface area contributed by atoms with Crippen molar-refractivity contribution in [3.63, 3.8) is 0 Å². The van der Waals surface area contributed by atoms with Gasteiger partial charge in [-0.1, -0.05) is 50.3 Å². The van der Waals surface area contributed by atoms with Gasteiger partial charge in [-0.3, -0.25) is 0 Å². The fourth-order valence-electron chi connectivity index (χ4n) is 7.56.